The highest BCUT2D eigenvalue weighted by Gasteiger charge is 2.36. The molecule has 0 saturated heterocycles. The van der Waals surface area contributed by atoms with Gasteiger partial charge in [-0.15, -0.1) is 0 Å². The average molecular weight is 356 g/mol. The van der Waals surface area contributed by atoms with E-state index in [0.717, 1.165) is 5.56 Å². The summed E-state index contributed by atoms with van der Waals surface area (Å²) in [6, 6.07) is 12.5. The molecule has 0 saturated carbocycles. The van der Waals surface area contributed by atoms with Gasteiger partial charge in [0.1, 0.15) is 16.9 Å². The van der Waals surface area contributed by atoms with Gasteiger partial charge in [0.15, 0.2) is 0 Å². The van der Waals surface area contributed by atoms with Gasteiger partial charge in [-0.25, -0.2) is 0 Å². The normalized spacial score (nSPS) is 10.8. The summed E-state index contributed by atoms with van der Waals surface area (Å²) in [4.78, 5) is 25.4. The number of amides is 2. The summed E-state index contributed by atoms with van der Waals surface area (Å²) in [6.45, 7) is 5.04. The molecule has 138 valence electrons. The average Bonchev–Trinajstić information content (AvgIpc) is 2.63. The summed E-state index contributed by atoms with van der Waals surface area (Å²) in [5.41, 5.74) is 0.789. The Morgan fingerprint density at radius 1 is 0.885 bits per heavy atom. The van der Waals surface area contributed by atoms with Gasteiger partial charge in [0.2, 0.25) is 11.8 Å². The molecule has 6 heteroatoms. The first-order valence-electron chi connectivity index (χ1n) is 8.20. The van der Waals surface area contributed by atoms with Crippen LogP contribution in [0.25, 0.3) is 0 Å². The third-order valence-corrected chi connectivity index (χ3v) is 4.19. The third kappa shape index (κ3) is 4.14. The molecular formula is C20H24N2O4. The Morgan fingerprint density at radius 2 is 1.50 bits per heavy atom. The fraction of sp³-hybridized carbons (Fsp3) is 0.300. The van der Waals surface area contributed by atoms with Gasteiger partial charge >= 0.3 is 0 Å². The Balaban J connectivity index is 2.17. The molecule has 2 rings (SSSR count). The van der Waals surface area contributed by atoms with Crippen molar-refractivity contribution in [1.29, 1.82) is 0 Å². The molecule has 0 radical (unpaired) electrons. The fourth-order valence-electron chi connectivity index (χ4n) is 2.28. The van der Waals surface area contributed by atoms with Crippen LogP contribution in [0.5, 0.6) is 11.5 Å². The first kappa shape index (κ1) is 19.3. The van der Waals surface area contributed by atoms with Crippen LogP contribution in [-0.2, 0) is 9.59 Å². The lowest BCUT2D eigenvalue weighted by Gasteiger charge is -2.24. The number of benzene rings is 2. The number of aryl methyl sites for hydroxylation is 1. The molecule has 0 spiro atoms. The van der Waals surface area contributed by atoms with E-state index in [0.29, 0.717) is 22.9 Å². The second-order valence-electron chi connectivity index (χ2n) is 6.41. The van der Waals surface area contributed by atoms with Crippen LogP contribution in [0, 0.1) is 12.3 Å². The molecular weight excluding hydrogens is 332 g/mol. The number of methoxy groups -OCH3 is 2. The first-order chi connectivity index (χ1) is 12.3. The molecule has 2 aromatic carbocycles. The van der Waals surface area contributed by atoms with Crippen molar-refractivity contribution in [2.45, 2.75) is 20.8 Å². The zero-order chi connectivity index (χ0) is 19.3. The van der Waals surface area contributed by atoms with Crippen molar-refractivity contribution in [3.05, 3.63) is 48.0 Å². The highest BCUT2D eigenvalue weighted by molar-refractivity contribution is 6.14. The molecule has 0 unspecified atom stereocenters. The molecule has 26 heavy (non-hydrogen) atoms. The van der Waals surface area contributed by atoms with Crippen LogP contribution in [0.2, 0.25) is 0 Å². The fourth-order valence-corrected chi connectivity index (χ4v) is 2.28. The van der Waals surface area contributed by atoms with E-state index < -0.39 is 17.2 Å². The summed E-state index contributed by atoms with van der Waals surface area (Å²) in [5, 5.41) is 5.57. The van der Waals surface area contributed by atoms with Crippen molar-refractivity contribution in [2.24, 2.45) is 5.41 Å². The molecule has 0 aromatic heterocycles. The van der Waals surface area contributed by atoms with E-state index in [4.69, 9.17) is 9.47 Å². The van der Waals surface area contributed by atoms with Crippen LogP contribution in [0.1, 0.15) is 19.4 Å². The van der Waals surface area contributed by atoms with E-state index >= 15 is 0 Å². The molecule has 0 aliphatic heterocycles. The lowest BCUT2D eigenvalue weighted by atomic mass is 9.90. The number of para-hydroxylation sites is 1. The summed E-state index contributed by atoms with van der Waals surface area (Å²) >= 11 is 0. The van der Waals surface area contributed by atoms with Crippen molar-refractivity contribution < 1.29 is 19.1 Å². The van der Waals surface area contributed by atoms with Crippen molar-refractivity contribution in [3.63, 3.8) is 0 Å². The SMILES string of the molecule is COc1ccc(NC(=O)C(C)(C)C(=O)Nc2ccccc2C)c(OC)c1. The van der Waals surface area contributed by atoms with Crippen LogP contribution in [0.4, 0.5) is 11.4 Å². The van der Waals surface area contributed by atoms with Crippen molar-refractivity contribution in [2.75, 3.05) is 24.9 Å². The largest absolute Gasteiger partial charge is 0.497 e. The second-order valence-corrected chi connectivity index (χ2v) is 6.41. The molecule has 0 fully saturated rings. The highest BCUT2D eigenvalue weighted by Crippen LogP contribution is 2.31. The minimum Gasteiger partial charge on any atom is -0.497 e. The maximum atomic E-state index is 12.7. The van der Waals surface area contributed by atoms with Gasteiger partial charge in [-0.05, 0) is 44.5 Å². The maximum Gasteiger partial charge on any atom is 0.239 e. The molecule has 0 aliphatic rings. The summed E-state index contributed by atoms with van der Waals surface area (Å²) in [6.07, 6.45) is 0. The van der Waals surface area contributed by atoms with Gasteiger partial charge in [-0.3, -0.25) is 9.59 Å². The third-order valence-electron chi connectivity index (χ3n) is 4.19. The lowest BCUT2D eigenvalue weighted by molar-refractivity contribution is -0.135. The first-order valence-corrected chi connectivity index (χ1v) is 8.20. The van der Waals surface area contributed by atoms with Crippen LogP contribution in [0.15, 0.2) is 42.5 Å². The zero-order valence-electron chi connectivity index (χ0n) is 15.7. The van der Waals surface area contributed by atoms with Crippen LogP contribution in [0.3, 0.4) is 0 Å². The topological polar surface area (TPSA) is 76.7 Å². The van der Waals surface area contributed by atoms with Gasteiger partial charge in [0.25, 0.3) is 0 Å². The number of carbonyl (C=O) groups is 2. The number of carbonyl (C=O) groups excluding carboxylic acids is 2. The number of anilines is 2. The Morgan fingerprint density at radius 3 is 2.08 bits per heavy atom. The molecule has 2 N–H and O–H groups in total. The number of rotatable bonds is 6. The summed E-state index contributed by atoms with van der Waals surface area (Å²) in [7, 11) is 3.05. The second kappa shape index (κ2) is 7.91. The Bertz CT molecular complexity index is 815. The van der Waals surface area contributed by atoms with E-state index in [1.54, 1.807) is 45.2 Å². The molecule has 2 amide bonds. The predicted octanol–water partition coefficient (Wildman–Crippen LogP) is 3.62. The smallest absolute Gasteiger partial charge is 0.239 e. The zero-order valence-corrected chi connectivity index (χ0v) is 15.7. The molecule has 0 atom stereocenters. The van der Waals surface area contributed by atoms with Crippen molar-refractivity contribution >= 4 is 23.2 Å². The Kier molecular flexibility index (Phi) is 5.87. The number of hydrogen-bond donors (Lipinski definition) is 2. The highest BCUT2D eigenvalue weighted by atomic mass is 16.5. The van der Waals surface area contributed by atoms with Crippen LogP contribution >= 0.6 is 0 Å². The van der Waals surface area contributed by atoms with Gasteiger partial charge < -0.3 is 20.1 Å². The molecule has 0 bridgehead atoms. The molecule has 0 heterocycles. The van der Waals surface area contributed by atoms with Crippen LogP contribution in [-0.4, -0.2) is 26.0 Å². The Hall–Kier alpha value is -3.02. The number of hydrogen-bond acceptors (Lipinski definition) is 4. The van der Waals surface area contributed by atoms with Crippen LogP contribution < -0.4 is 20.1 Å². The minimum absolute atomic E-state index is 0.392. The Labute approximate surface area is 153 Å². The standard InChI is InChI=1S/C20H24N2O4/c1-13-8-6-7-9-15(13)21-18(23)20(2,3)19(24)22-16-11-10-14(25-4)12-17(16)26-5/h6-12H,1-5H3,(H,21,23)(H,22,24). The van der Waals surface area contributed by atoms with Gasteiger partial charge in [0, 0.05) is 11.8 Å². The molecule has 6 nitrogen and oxygen atoms in total. The minimum atomic E-state index is -1.28. The molecule has 2 aromatic rings. The van der Waals surface area contributed by atoms with Gasteiger partial charge in [-0.1, -0.05) is 18.2 Å². The van der Waals surface area contributed by atoms with Gasteiger partial charge in [0.05, 0.1) is 19.9 Å². The van der Waals surface area contributed by atoms with E-state index in [1.165, 1.54) is 7.11 Å². The van der Waals surface area contributed by atoms with Crippen molar-refractivity contribution in [3.8, 4) is 11.5 Å². The van der Waals surface area contributed by atoms with E-state index in [2.05, 4.69) is 10.6 Å². The quantitative estimate of drug-likeness (QED) is 0.775. The number of ether oxygens (including phenoxy) is 2. The van der Waals surface area contributed by atoms with E-state index in [9.17, 15) is 9.59 Å². The van der Waals surface area contributed by atoms with E-state index in [-0.39, 0.29) is 0 Å². The maximum absolute atomic E-state index is 12.7. The monoisotopic (exact) mass is 356 g/mol. The van der Waals surface area contributed by atoms with Gasteiger partial charge in [-0.2, -0.15) is 0 Å². The van der Waals surface area contributed by atoms with Crippen molar-refractivity contribution in [1.82, 2.24) is 0 Å². The number of nitrogens with one attached hydrogen (secondary N) is 2. The lowest BCUT2D eigenvalue weighted by Crippen LogP contribution is -2.41. The summed E-state index contributed by atoms with van der Waals surface area (Å²) in [5.74, 6) is 0.230. The van der Waals surface area contributed by atoms with E-state index in [1.807, 2.05) is 25.1 Å². The summed E-state index contributed by atoms with van der Waals surface area (Å²) < 4.78 is 10.4. The molecule has 0 aliphatic carbocycles. The predicted molar refractivity (Wildman–Crippen MR) is 102 cm³/mol.